The minimum Gasteiger partial charge on any atom is -0.317 e. The first kappa shape index (κ1) is 15.3. The predicted octanol–water partition coefficient (Wildman–Crippen LogP) is 2.33. The fourth-order valence-electron chi connectivity index (χ4n) is 2.44. The van der Waals surface area contributed by atoms with Crippen LogP contribution in [0.5, 0.6) is 0 Å². The highest BCUT2D eigenvalue weighted by Crippen LogP contribution is 2.33. The average Bonchev–Trinajstić information content (AvgIpc) is 2.70. The minimum atomic E-state index is -3.39. The molecule has 2 rings (SSSR count). The number of sulfonamides is 1. The maximum atomic E-state index is 12.6. The number of aryl methyl sites for hydroxylation is 1. The van der Waals surface area contributed by atoms with E-state index in [1.165, 1.54) is 0 Å². The second-order valence-corrected chi connectivity index (χ2v) is 8.87. The molecule has 1 aliphatic heterocycles. The van der Waals surface area contributed by atoms with Crippen molar-refractivity contribution in [3.05, 3.63) is 16.0 Å². The number of halogens is 1. The molecule has 1 fully saturated rings. The third-order valence-electron chi connectivity index (χ3n) is 3.67. The second kappa shape index (κ2) is 5.69. The first-order valence-corrected chi connectivity index (χ1v) is 8.93. The van der Waals surface area contributed by atoms with E-state index in [1.54, 1.807) is 10.4 Å². The normalized spacial score (nSPS) is 25.7. The number of hydrogen-bond donors (Lipinski definition) is 1. The topological polar surface area (TPSA) is 49.4 Å². The Bertz CT molecular complexity index is 537. The number of rotatable bonds is 3. The summed E-state index contributed by atoms with van der Waals surface area (Å²) in [5.74, 6) is 0.310. The van der Waals surface area contributed by atoms with Gasteiger partial charge in [0.05, 0.1) is 4.34 Å². The van der Waals surface area contributed by atoms with E-state index in [4.69, 9.17) is 11.6 Å². The van der Waals surface area contributed by atoms with E-state index in [0.717, 1.165) is 23.3 Å². The molecule has 108 valence electrons. The van der Waals surface area contributed by atoms with Crippen molar-refractivity contribution in [2.75, 3.05) is 20.1 Å². The molecule has 1 N–H and O–H groups in total. The predicted molar refractivity (Wildman–Crippen MR) is 79.5 cm³/mol. The summed E-state index contributed by atoms with van der Waals surface area (Å²) in [6.45, 7) is 5.03. The van der Waals surface area contributed by atoms with Gasteiger partial charge in [-0.1, -0.05) is 18.5 Å². The Hall–Kier alpha value is -0.140. The molecule has 0 amide bonds. The lowest BCUT2D eigenvalue weighted by molar-refractivity contribution is 0.228. The molecule has 1 aromatic heterocycles. The highest BCUT2D eigenvalue weighted by Gasteiger charge is 2.33. The number of nitrogens with zero attached hydrogens (tertiary/aromatic N) is 1. The van der Waals surface area contributed by atoms with Gasteiger partial charge in [-0.25, -0.2) is 8.42 Å². The highest BCUT2D eigenvalue weighted by atomic mass is 35.5. The Morgan fingerprint density at radius 2 is 2.21 bits per heavy atom. The minimum absolute atomic E-state index is 0.310. The quantitative estimate of drug-likeness (QED) is 0.929. The van der Waals surface area contributed by atoms with Crippen LogP contribution < -0.4 is 5.32 Å². The van der Waals surface area contributed by atoms with Crippen LogP contribution >= 0.6 is 22.9 Å². The van der Waals surface area contributed by atoms with Gasteiger partial charge in [0.2, 0.25) is 0 Å². The van der Waals surface area contributed by atoms with E-state index in [9.17, 15) is 8.42 Å². The first-order chi connectivity index (χ1) is 8.86. The molecule has 2 unspecified atom stereocenters. The molecule has 2 heterocycles. The first-order valence-electron chi connectivity index (χ1n) is 6.29. The SMILES string of the molecule is CNC1CCN(S(=O)(=O)c2cc(C)c(Cl)s2)CC1C. The average molecular weight is 323 g/mol. The lowest BCUT2D eigenvalue weighted by Crippen LogP contribution is -2.48. The van der Waals surface area contributed by atoms with Gasteiger partial charge in [0.1, 0.15) is 4.21 Å². The molecule has 0 aliphatic carbocycles. The monoisotopic (exact) mass is 322 g/mol. The molecule has 1 saturated heterocycles. The number of hydrogen-bond acceptors (Lipinski definition) is 4. The second-order valence-electron chi connectivity index (χ2n) is 5.05. The van der Waals surface area contributed by atoms with Gasteiger partial charge in [0.15, 0.2) is 0 Å². The van der Waals surface area contributed by atoms with Gasteiger partial charge in [-0.15, -0.1) is 11.3 Å². The van der Waals surface area contributed by atoms with Gasteiger partial charge in [-0.05, 0) is 37.9 Å². The van der Waals surface area contributed by atoms with Crippen molar-refractivity contribution in [1.82, 2.24) is 9.62 Å². The summed E-state index contributed by atoms with van der Waals surface area (Å²) in [5, 5.41) is 3.24. The zero-order valence-corrected chi connectivity index (χ0v) is 13.7. The van der Waals surface area contributed by atoms with Crippen LogP contribution in [0.15, 0.2) is 10.3 Å². The van der Waals surface area contributed by atoms with Gasteiger partial charge in [0, 0.05) is 19.1 Å². The Balaban J connectivity index is 2.22. The maximum absolute atomic E-state index is 12.6. The maximum Gasteiger partial charge on any atom is 0.252 e. The lowest BCUT2D eigenvalue weighted by Gasteiger charge is -2.35. The molecular formula is C12H19ClN2O2S2. The summed E-state index contributed by atoms with van der Waals surface area (Å²) < 4.78 is 27.6. The smallest absolute Gasteiger partial charge is 0.252 e. The van der Waals surface area contributed by atoms with Crippen molar-refractivity contribution in [1.29, 1.82) is 0 Å². The fraction of sp³-hybridized carbons (Fsp3) is 0.667. The molecule has 2 atom stereocenters. The molecule has 19 heavy (non-hydrogen) atoms. The highest BCUT2D eigenvalue weighted by molar-refractivity contribution is 7.91. The third-order valence-corrected chi connectivity index (χ3v) is 7.54. The van der Waals surface area contributed by atoms with E-state index < -0.39 is 10.0 Å². The van der Waals surface area contributed by atoms with E-state index >= 15 is 0 Å². The molecule has 7 heteroatoms. The number of piperidine rings is 1. The van der Waals surface area contributed by atoms with Gasteiger partial charge < -0.3 is 5.32 Å². The summed E-state index contributed by atoms with van der Waals surface area (Å²) >= 11 is 7.12. The fourth-order valence-corrected chi connectivity index (χ4v) is 5.86. The molecule has 0 spiro atoms. The standard InChI is InChI=1S/C12H19ClN2O2S2/c1-8-6-11(18-12(8)13)19(16,17)15-5-4-10(14-3)9(2)7-15/h6,9-10,14H,4-5,7H2,1-3H3. The molecule has 0 radical (unpaired) electrons. The van der Waals surface area contributed by atoms with Crippen LogP contribution in [0.1, 0.15) is 18.9 Å². The Morgan fingerprint density at radius 1 is 1.53 bits per heavy atom. The Kier molecular flexibility index (Phi) is 4.57. The molecule has 4 nitrogen and oxygen atoms in total. The molecule has 0 bridgehead atoms. The van der Waals surface area contributed by atoms with Crippen LogP contribution in [0, 0.1) is 12.8 Å². The van der Waals surface area contributed by atoms with Crippen LogP contribution in [-0.2, 0) is 10.0 Å². The van der Waals surface area contributed by atoms with E-state index in [2.05, 4.69) is 12.2 Å². The van der Waals surface area contributed by atoms with E-state index in [-0.39, 0.29) is 0 Å². The van der Waals surface area contributed by atoms with Crippen molar-refractivity contribution in [2.24, 2.45) is 5.92 Å². The van der Waals surface area contributed by atoms with Gasteiger partial charge >= 0.3 is 0 Å². The van der Waals surface area contributed by atoms with Crippen molar-refractivity contribution in [3.63, 3.8) is 0 Å². The molecule has 1 aliphatic rings. The summed E-state index contributed by atoms with van der Waals surface area (Å²) in [5.41, 5.74) is 0.823. The van der Waals surface area contributed by atoms with Gasteiger partial charge in [-0.3, -0.25) is 0 Å². The van der Waals surface area contributed by atoms with Crippen molar-refractivity contribution in [3.8, 4) is 0 Å². The summed E-state index contributed by atoms with van der Waals surface area (Å²) in [6.07, 6.45) is 0.842. The molecule has 1 aromatic rings. The van der Waals surface area contributed by atoms with Crippen LogP contribution in [0.3, 0.4) is 0 Å². The zero-order valence-electron chi connectivity index (χ0n) is 11.3. The van der Waals surface area contributed by atoms with Crippen LogP contribution in [0.4, 0.5) is 0 Å². The molecular weight excluding hydrogens is 304 g/mol. The van der Waals surface area contributed by atoms with Gasteiger partial charge in [-0.2, -0.15) is 4.31 Å². The molecule has 0 aromatic carbocycles. The van der Waals surface area contributed by atoms with Crippen molar-refractivity contribution >= 4 is 33.0 Å². The van der Waals surface area contributed by atoms with Gasteiger partial charge in [0.25, 0.3) is 10.0 Å². The summed E-state index contributed by atoms with van der Waals surface area (Å²) in [4.78, 5) is 0. The van der Waals surface area contributed by atoms with E-state index in [0.29, 0.717) is 33.6 Å². The van der Waals surface area contributed by atoms with Crippen LogP contribution in [0.2, 0.25) is 4.34 Å². The zero-order chi connectivity index (χ0) is 14.2. The lowest BCUT2D eigenvalue weighted by atomic mass is 9.96. The number of nitrogens with one attached hydrogen (secondary N) is 1. The van der Waals surface area contributed by atoms with Crippen molar-refractivity contribution in [2.45, 2.75) is 30.5 Å². The number of thiophene rings is 1. The Labute approximate surface area is 123 Å². The summed E-state index contributed by atoms with van der Waals surface area (Å²) in [7, 11) is -1.46. The van der Waals surface area contributed by atoms with Crippen LogP contribution in [0.25, 0.3) is 0 Å². The Morgan fingerprint density at radius 3 is 2.68 bits per heavy atom. The largest absolute Gasteiger partial charge is 0.317 e. The molecule has 0 saturated carbocycles. The third kappa shape index (κ3) is 2.97. The van der Waals surface area contributed by atoms with E-state index in [1.807, 2.05) is 14.0 Å². The van der Waals surface area contributed by atoms with Crippen LogP contribution in [-0.4, -0.2) is 38.9 Å². The summed E-state index contributed by atoms with van der Waals surface area (Å²) in [6, 6.07) is 2.05. The van der Waals surface area contributed by atoms with Crippen molar-refractivity contribution < 1.29 is 8.42 Å².